The van der Waals surface area contributed by atoms with Gasteiger partial charge in [0, 0.05) is 5.56 Å². The van der Waals surface area contributed by atoms with Crippen LogP contribution in [-0.4, -0.2) is 41.4 Å². The summed E-state index contributed by atoms with van der Waals surface area (Å²) in [5, 5.41) is 12.6. The Kier molecular flexibility index (Phi) is 9.02. The molecular formula is C27H23ClF4N4O5. The number of nitrogens with one attached hydrogen (secondary N) is 3. The maximum Gasteiger partial charge on any atom is 0.417 e. The van der Waals surface area contributed by atoms with Crippen LogP contribution < -0.4 is 10.6 Å². The highest BCUT2D eigenvalue weighted by Gasteiger charge is 2.36. The molecule has 1 heterocycles. The summed E-state index contributed by atoms with van der Waals surface area (Å²) in [6, 6.07) is 6.99. The smallest absolute Gasteiger partial charge is 0.417 e. The van der Waals surface area contributed by atoms with E-state index < -0.39 is 57.4 Å². The fourth-order valence-corrected chi connectivity index (χ4v) is 3.78. The number of ether oxygens (including phenoxy) is 2. The quantitative estimate of drug-likeness (QED) is 0.165. The van der Waals surface area contributed by atoms with Crippen LogP contribution in [0, 0.1) is 11.2 Å². The first-order chi connectivity index (χ1) is 19.0. The summed E-state index contributed by atoms with van der Waals surface area (Å²) in [5.41, 5.74) is -5.01. The number of esters is 1. The van der Waals surface area contributed by atoms with Crippen molar-refractivity contribution >= 4 is 46.7 Å². The number of aromatic nitrogens is 1. The van der Waals surface area contributed by atoms with E-state index in [2.05, 4.69) is 20.4 Å². The Morgan fingerprint density at radius 1 is 1.02 bits per heavy atom. The minimum Gasteiger partial charge on any atom is -0.465 e. The summed E-state index contributed by atoms with van der Waals surface area (Å²) in [6.07, 6.45) is -4.77. The molecule has 0 fully saturated rings. The van der Waals surface area contributed by atoms with Crippen molar-refractivity contribution < 1.29 is 41.4 Å². The van der Waals surface area contributed by atoms with Gasteiger partial charge >= 0.3 is 18.2 Å². The molecule has 0 bridgehead atoms. The van der Waals surface area contributed by atoms with Gasteiger partial charge in [0.25, 0.3) is 5.91 Å². The predicted octanol–water partition coefficient (Wildman–Crippen LogP) is 6.69. The molecule has 2 aromatic carbocycles. The van der Waals surface area contributed by atoms with Crippen LogP contribution in [0.1, 0.15) is 58.3 Å². The van der Waals surface area contributed by atoms with Crippen LogP contribution >= 0.6 is 11.6 Å². The average Bonchev–Trinajstić information content (AvgIpc) is 2.86. The molecule has 3 N–H and O–H groups in total. The number of anilines is 2. The molecule has 14 heteroatoms. The van der Waals surface area contributed by atoms with Crippen LogP contribution in [-0.2, 0) is 15.7 Å². The zero-order chi connectivity index (χ0) is 30.7. The third-order valence-corrected chi connectivity index (χ3v) is 5.54. The van der Waals surface area contributed by atoms with Gasteiger partial charge in [-0.2, -0.15) is 13.2 Å². The van der Waals surface area contributed by atoms with Crippen molar-refractivity contribution in [3.05, 3.63) is 87.4 Å². The minimum absolute atomic E-state index is 0.0668. The van der Waals surface area contributed by atoms with Gasteiger partial charge in [0.2, 0.25) is 0 Å². The highest BCUT2D eigenvalue weighted by atomic mass is 35.5. The number of hydrogen-bond donors (Lipinski definition) is 3. The molecule has 0 atom stereocenters. The summed E-state index contributed by atoms with van der Waals surface area (Å²) < 4.78 is 65.5. The Bertz CT molecular complexity index is 1540. The lowest BCUT2D eigenvalue weighted by atomic mass is 10.0. The molecule has 3 rings (SSSR count). The van der Waals surface area contributed by atoms with Crippen molar-refractivity contribution in [1.29, 1.82) is 5.41 Å². The molecule has 0 aliphatic rings. The van der Waals surface area contributed by atoms with Gasteiger partial charge in [-0.3, -0.25) is 20.5 Å². The molecule has 216 valence electrons. The summed E-state index contributed by atoms with van der Waals surface area (Å²) in [7, 11) is 1.10. The maximum atomic E-state index is 14.9. The van der Waals surface area contributed by atoms with E-state index in [4.69, 9.17) is 21.7 Å². The standard InChI is InChI=1S/C27H23ClF4N4O5/c1-26(2,3)41-25(39)35-14-11-19(36-23(37)20-16(27(30,31)32)6-5-7-17(20)28)22(34-12-14)21(33)15-9-8-13(10-18(15)29)24(38)40-4/h5-12,33H,1-4H3,(H,35,39)(H,36,37). The van der Waals surface area contributed by atoms with Crippen LogP contribution in [0.3, 0.4) is 0 Å². The molecule has 9 nitrogen and oxygen atoms in total. The molecule has 41 heavy (non-hydrogen) atoms. The molecule has 0 spiro atoms. The lowest BCUT2D eigenvalue weighted by molar-refractivity contribution is -0.137. The molecule has 0 aliphatic carbocycles. The first-order valence-corrected chi connectivity index (χ1v) is 12.0. The molecule has 0 unspecified atom stereocenters. The molecule has 3 aromatic rings. The first kappa shape index (κ1) is 31.0. The Balaban J connectivity index is 2.09. The first-order valence-electron chi connectivity index (χ1n) is 11.7. The zero-order valence-electron chi connectivity index (χ0n) is 22.0. The summed E-state index contributed by atoms with van der Waals surface area (Å²) in [6.45, 7) is 4.84. The number of alkyl halides is 3. The highest BCUT2D eigenvalue weighted by Crippen LogP contribution is 2.36. The molecule has 0 radical (unpaired) electrons. The monoisotopic (exact) mass is 594 g/mol. The number of hydrogen-bond acceptors (Lipinski definition) is 7. The number of methoxy groups -OCH3 is 1. The van der Waals surface area contributed by atoms with Gasteiger partial charge in [-0.05, 0) is 57.2 Å². The Hall–Kier alpha value is -4.52. The van der Waals surface area contributed by atoms with Crippen molar-refractivity contribution in [2.75, 3.05) is 17.7 Å². The number of amides is 2. The van der Waals surface area contributed by atoms with E-state index in [1.807, 2.05) is 0 Å². The summed E-state index contributed by atoms with van der Waals surface area (Å²) in [4.78, 5) is 41.1. The fourth-order valence-electron chi connectivity index (χ4n) is 3.52. The van der Waals surface area contributed by atoms with Crippen LogP contribution in [0.5, 0.6) is 0 Å². The molecule has 0 aliphatic heterocycles. The number of halogens is 5. The number of benzene rings is 2. The van der Waals surface area contributed by atoms with E-state index in [1.165, 1.54) is 6.07 Å². The topological polar surface area (TPSA) is 130 Å². The van der Waals surface area contributed by atoms with Gasteiger partial charge in [0.15, 0.2) is 0 Å². The third-order valence-electron chi connectivity index (χ3n) is 5.22. The maximum absolute atomic E-state index is 14.9. The molecule has 0 saturated heterocycles. The number of nitrogens with zero attached hydrogens (tertiary/aromatic N) is 1. The van der Waals surface area contributed by atoms with Gasteiger partial charge in [0.1, 0.15) is 17.1 Å². The van der Waals surface area contributed by atoms with E-state index in [0.29, 0.717) is 6.07 Å². The SMILES string of the molecule is COC(=O)c1ccc(C(=N)c2ncc(NC(=O)OC(C)(C)C)cc2NC(=O)c2c(Cl)cccc2C(F)(F)F)c(F)c1. The van der Waals surface area contributed by atoms with Crippen molar-refractivity contribution in [2.24, 2.45) is 0 Å². The highest BCUT2D eigenvalue weighted by molar-refractivity contribution is 6.34. The minimum atomic E-state index is -4.93. The zero-order valence-corrected chi connectivity index (χ0v) is 22.8. The van der Waals surface area contributed by atoms with Gasteiger partial charge in [-0.15, -0.1) is 0 Å². The number of carbonyl (C=O) groups is 3. The fraction of sp³-hybridized carbons (Fsp3) is 0.222. The largest absolute Gasteiger partial charge is 0.465 e. The van der Waals surface area contributed by atoms with Gasteiger partial charge < -0.3 is 14.8 Å². The summed E-state index contributed by atoms with van der Waals surface area (Å²) >= 11 is 5.95. The van der Waals surface area contributed by atoms with Crippen molar-refractivity contribution in [3.8, 4) is 0 Å². The average molecular weight is 595 g/mol. The van der Waals surface area contributed by atoms with Gasteiger partial charge in [-0.1, -0.05) is 17.7 Å². The van der Waals surface area contributed by atoms with Crippen molar-refractivity contribution in [3.63, 3.8) is 0 Å². The number of carbonyl (C=O) groups excluding carboxylic acids is 3. The lowest BCUT2D eigenvalue weighted by Gasteiger charge is -2.20. The molecule has 0 saturated carbocycles. The van der Waals surface area contributed by atoms with Crippen molar-refractivity contribution in [1.82, 2.24) is 4.98 Å². The Morgan fingerprint density at radius 2 is 1.71 bits per heavy atom. The van der Waals surface area contributed by atoms with Crippen LogP contribution in [0.2, 0.25) is 5.02 Å². The van der Waals surface area contributed by atoms with E-state index in [0.717, 1.165) is 43.6 Å². The predicted molar refractivity (Wildman–Crippen MR) is 142 cm³/mol. The second-order valence-corrected chi connectivity index (χ2v) is 9.83. The second kappa shape index (κ2) is 11.9. The lowest BCUT2D eigenvalue weighted by Crippen LogP contribution is -2.27. The van der Waals surface area contributed by atoms with E-state index in [1.54, 1.807) is 20.8 Å². The Morgan fingerprint density at radius 3 is 2.29 bits per heavy atom. The Labute approximate surface area is 236 Å². The van der Waals surface area contributed by atoms with Crippen LogP contribution in [0.15, 0.2) is 48.7 Å². The molecule has 2 amide bonds. The second-order valence-electron chi connectivity index (χ2n) is 9.42. The number of pyridine rings is 1. The summed E-state index contributed by atoms with van der Waals surface area (Å²) in [5.74, 6) is -3.15. The molecular weight excluding hydrogens is 572 g/mol. The van der Waals surface area contributed by atoms with E-state index in [9.17, 15) is 31.9 Å². The van der Waals surface area contributed by atoms with E-state index >= 15 is 0 Å². The van der Waals surface area contributed by atoms with Gasteiger partial charge in [-0.25, -0.2) is 14.0 Å². The van der Waals surface area contributed by atoms with Crippen LogP contribution in [0.25, 0.3) is 0 Å². The van der Waals surface area contributed by atoms with Crippen molar-refractivity contribution in [2.45, 2.75) is 32.5 Å². The third kappa shape index (κ3) is 7.57. The van der Waals surface area contributed by atoms with Gasteiger partial charge in [0.05, 0.1) is 52.1 Å². The normalized spacial score (nSPS) is 11.4. The molecule has 1 aromatic heterocycles. The van der Waals surface area contributed by atoms with E-state index in [-0.39, 0.29) is 28.2 Å². The van der Waals surface area contributed by atoms with Crippen LogP contribution in [0.4, 0.5) is 33.7 Å². The number of rotatable bonds is 6.